The highest BCUT2D eigenvalue weighted by Gasteiger charge is 2.32. The Morgan fingerprint density at radius 3 is 2.35 bits per heavy atom. The van der Waals surface area contributed by atoms with Gasteiger partial charge in [-0.15, -0.1) is 11.6 Å². The minimum atomic E-state index is -3.64. The van der Waals surface area contributed by atoms with E-state index in [1.807, 2.05) is 6.92 Å². The fourth-order valence-electron chi connectivity index (χ4n) is 2.16. The van der Waals surface area contributed by atoms with Gasteiger partial charge in [-0.3, -0.25) is 0 Å². The molecule has 0 radical (unpaired) electrons. The van der Waals surface area contributed by atoms with Gasteiger partial charge in [0.25, 0.3) is 0 Å². The van der Waals surface area contributed by atoms with Gasteiger partial charge in [0.05, 0.1) is 17.4 Å². The van der Waals surface area contributed by atoms with Crippen LogP contribution in [0, 0.1) is 0 Å². The lowest BCUT2D eigenvalue weighted by Gasteiger charge is -2.25. The Morgan fingerprint density at radius 2 is 1.90 bits per heavy atom. The second-order valence-corrected chi connectivity index (χ2v) is 9.15. The van der Waals surface area contributed by atoms with Gasteiger partial charge >= 0.3 is 0 Å². The monoisotopic (exact) mass is 340 g/mol. The number of rotatable bonds is 4. The van der Waals surface area contributed by atoms with Gasteiger partial charge in [-0.2, -0.15) is 4.31 Å². The molecule has 1 aliphatic rings. The fourth-order valence-corrected chi connectivity index (χ4v) is 5.33. The van der Waals surface area contributed by atoms with Crippen molar-refractivity contribution in [1.29, 1.82) is 0 Å². The molecule has 1 aromatic heterocycles. The van der Waals surface area contributed by atoms with Gasteiger partial charge in [0.15, 0.2) is 9.84 Å². The molecule has 0 aliphatic carbocycles. The van der Waals surface area contributed by atoms with Crippen molar-refractivity contribution in [3.05, 3.63) is 18.0 Å². The first-order valence-corrected chi connectivity index (χ1v) is 10.1. The molecule has 1 aromatic rings. The first-order valence-electron chi connectivity index (χ1n) is 6.26. The Morgan fingerprint density at radius 1 is 1.30 bits per heavy atom. The van der Waals surface area contributed by atoms with Gasteiger partial charge in [0, 0.05) is 31.5 Å². The smallest absolute Gasteiger partial charge is 0.244 e. The zero-order valence-corrected chi connectivity index (χ0v) is 13.5. The zero-order valence-electron chi connectivity index (χ0n) is 11.1. The van der Waals surface area contributed by atoms with Crippen LogP contribution in [0.2, 0.25) is 0 Å². The maximum atomic E-state index is 12.5. The third-order valence-corrected chi connectivity index (χ3v) is 7.13. The van der Waals surface area contributed by atoms with Crippen LogP contribution in [0.1, 0.15) is 12.6 Å². The topological polar surface area (TPSA) is 76.5 Å². The van der Waals surface area contributed by atoms with E-state index in [0.717, 1.165) is 5.69 Å². The first-order chi connectivity index (χ1) is 9.30. The van der Waals surface area contributed by atoms with E-state index >= 15 is 0 Å². The molecule has 114 valence electrons. The van der Waals surface area contributed by atoms with Gasteiger partial charge in [-0.1, -0.05) is 0 Å². The second-order valence-electron chi connectivity index (χ2n) is 4.64. The van der Waals surface area contributed by atoms with Gasteiger partial charge in [-0.05, 0) is 13.0 Å². The number of aryl methyl sites for hydroxylation is 1. The van der Waals surface area contributed by atoms with Gasteiger partial charge in [-0.25, -0.2) is 16.8 Å². The Labute approximate surface area is 124 Å². The molecule has 2 heterocycles. The largest absolute Gasteiger partial charge is 0.349 e. The standard InChI is InChI=1S/C11H17ClN2O4S2/c1-2-13-9-11(7-10(13)8-12)20(17,18)14-3-5-19(15,16)6-4-14/h7,9H,2-6,8H2,1H3. The number of hydrogen-bond donors (Lipinski definition) is 0. The van der Waals surface area contributed by atoms with E-state index in [0.29, 0.717) is 6.54 Å². The zero-order chi connectivity index (χ0) is 15.0. The lowest BCUT2D eigenvalue weighted by atomic mass is 10.5. The molecular formula is C11H17ClN2O4S2. The molecule has 6 nitrogen and oxygen atoms in total. The SMILES string of the molecule is CCn1cc(S(=O)(=O)N2CCS(=O)(=O)CC2)cc1CCl. The summed E-state index contributed by atoms with van der Waals surface area (Å²) >= 11 is 5.79. The van der Waals surface area contributed by atoms with E-state index in [-0.39, 0.29) is 35.4 Å². The van der Waals surface area contributed by atoms with Crippen LogP contribution in [0.4, 0.5) is 0 Å². The Hall–Kier alpha value is -0.570. The average molecular weight is 341 g/mol. The highest BCUT2D eigenvalue weighted by Crippen LogP contribution is 2.22. The molecule has 0 amide bonds. The summed E-state index contributed by atoms with van der Waals surface area (Å²) in [6, 6.07) is 1.55. The van der Waals surface area contributed by atoms with Crippen molar-refractivity contribution in [3.8, 4) is 0 Å². The normalized spacial score (nSPS) is 20.1. The molecule has 0 aromatic carbocycles. The van der Waals surface area contributed by atoms with Crippen LogP contribution in [0.15, 0.2) is 17.2 Å². The number of aromatic nitrogens is 1. The quantitative estimate of drug-likeness (QED) is 0.755. The fraction of sp³-hybridized carbons (Fsp3) is 0.636. The number of sulfonamides is 1. The van der Waals surface area contributed by atoms with Crippen molar-refractivity contribution in [2.24, 2.45) is 0 Å². The van der Waals surface area contributed by atoms with E-state index in [4.69, 9.17) is 11.6 Å². The van der Waals surface area contributed by atoms with Gasteiger partial charge in [0.1, 0.15) is 4.90 Å². The van der Waals surface area contributed by atoms with E-state index in [1.54, 1.807) is 16.8 Å². The second kappa shape index (κ2) is 5.67. The summed E-state index contributed by atoms with van der Waals surface area (Å²) in [7, 11) is -6.75. The molecule has 0 N–H and O–H groups in total. The molecule has 1 saturated heterocycles. The molecule has 1 aliphatic heterocycles. The molecule has 0 spiro atoms. The lowest BCUT2D eigenvalue weighted by Crippen LogP contribution is -2.43. The molecule has 2 rings (SSSR count). The third kappa shape index (κ3) is 3.03. The number of hydrogen-bond acceptors (Lipinski definition) is 4. The Kier molecular flexibility index (Phi) is 4.48. The lowest BCUT2D eigenvalue weighted by molar-refractivity contribution is 0.430. The molecular weight excluding hydrogens is 324 g/mol. The van der Waals surface area contributed by atoms with Crippen LogP contribution < -0.4 is 0 Å². The number of alkyl halides is 1. The van der Waals surface area contributed by atoms with Gasteiger partial charge < -0.3 is 4.57 Å². The van der Waals surface area contributed by atoms with Crippen molar-refractivity contribution in [1.82, 2.24) is 8.87 Å². The van der Waals surface area contributed by atoms with E-state index in [2.05, 4.69) is 0 Å². The maximum Gasteiger partial charge on any atom is 0.244 e. The van der Waals surface area contributed by atoms with Crippen molar-refractivity contribution in [3.63, 3.8) is 0 Å². The van der Waals surface area contributed by atoms with Crippen LogP contribution in [-0.4, -0.2) is 50.3 Å². The van der Waals surface area contributed by atoms with Gasteiger partial charge in [0.2, 0.25) is 10.0 Å². The first kappa shape index (κ1) is 15.8. The number of nitrogens with zero attached hydrogens (tertiary/aromatic N) is 2. The third-order valence-electron chi connectivity index (χ3n) is 3.38. The maximum absolute atomic E-state index is 12.5. The van der Waals surface area contributed by atoms with E-state index in [1.165, 1.54) is 4.31 Å². The summed E-state index contributed by atoms with van der Waals surface area (Å²) in [6.45, 7) is 2.56. The van der Waals surface area contributed by atoms with E-state index in [9.17, 15) is 16.8 Å². The van der Waals surface area contributed by atoms with Crippen LogP contribution in [-0.2, 0) is 32.3 Å². The molecule has 0 saturated carbocycles. The van der Waals surface area contributed by atoms with Crippen molar-refractivity contribution in [2.75, 3.05) is 24.6 Å². The van der Waals surface area contributed by atoms with Crippen molar-refractivity contribution < 1.29 is 16.8 Å². The molecule has 0 bridgehead atoms. The predicted molar refractivity (Wildman–Crippen MR) is 77.1 cm³/mol. The summed E-state index contributed by atoms with van der Waals surface area (Å²) in [5.74, 6) is -0.0100. The van der Waals surface area contributed by atoms with Crippen molar-refractivity contribution >= 4 is 31.5 Å². The van der Waals surface area contributed by atoms with Crippen LogP contribution in [0.25, 0.3) is 0 Å². The molecule has 0 unspecified atom stereocenters. The molecule has 9 heteroatoms. The van der Waals surface area contributed by atoms with Crippen LogP contribution in [0.3, 0.4) is 0 Å². The highest BCUT2D eigenvalue weighted by molar-refractivity contribution is 7.92. The number of sulfone groups is 1. The summed E-state index contributed by atoms with van der Waals surface area (Å²) in [5.41, 5.74) is 0.734. The summed E-state index contributed by atoms with van der Waals surface area (Å²) in [6.07, 6.45) is 1.55. The Bertz CT molecular complexity index is 659. The average Bonchev–Trinajstić information content (AvgIpc) is 2.82. The molecule has 1 fully saturated rings. The summed E-state index contributed by atoms with van der Waals surface area (Å²) in [5, 5.41) is 0. The van der Waals surface area contributed by atoms with Crippen LogP contribution >= 0.6 is 11.6 Å². The van der Waals surface area contributed by atoms with Crippen LogP contribution in [0.5, 0.6) is 0 Å². The molecule has 20 heavy (non-hydrogen) atoms. The van der Waals surface area contributed by atoms with E-state index < -0.39 is 19.9 Å². The van der Waals surface area contributed by atoms with Crippen molar-refractivity contribution in [2.45, 2.75) is 24.2 Å². The minimum Gasteiger partial charge on any atom is -0.349 e. The highest BCUT2D eigenvalue weighted by atomic mass is 35.5. The molecule has 0 atom stereocenters. The summed E-state index contributed by atoms with van der Waals surface area (Å²) < 4.78 is 50.7. The number of halogens is 1. The predicted octanol–water partition coefficient (Wildman–Crippen LogP) is 0.666. The minimum absolute atomic E-state index is 0.0121. The Balaban J connectivity index is 2.29. The summed E-state index contributed by atoms with van der Waals surface area (Å²) in [4.78, 5) is 0.175.